The number of aryl methyl sites for hydroxylation is 1. The summed E-state index contributed by atoms with van der Waals surface area (Å²) in [5, 5.41) is 2.66. The molecule has 1 amide bonds. The zero-order chi connectivity index (χ0) is 14.0. The zero-order valence-corrected chi connectivity index (χ0v) is 12.4. The highest BCUT2D eigenvalue weighted by Gasteiger charge is 2.13. The second-order valence-corrected chi connectivity index (χ2v) is 5.24. The van der Waals surface area contributed by atoms with Gasteiger partial charge >= 0.3 is 0 Å². The molecule has 0 saturated carbocycles. The van der Waals surface area contributed by atoms with Gasteiger partial charge in [0.1, 0.15) is 11.5 Å². The van der Waals surface area contributed by atoms with Crippen LogP contribution in [0.3, 0.4) is 0 Å². The smallest absolute Gasteiger partial charge is 0.272 e. The van der Waals surface area contributed by atoms with Crippen molar-refractivity contribution < 1.29 is 9.18 Å². The molecule has 2 rings (SSSR count). The van der Waals surface area contributed by atoms with Crippen LogP contribution in [0.5, 0.6) is 0 Å². The number of nitrogens with one attached hydrogen (secondary N) is 1. The lowest BCUT2D eigenvalue weighted by atomic mass is 10.3. The van der Waals surface area contributed by atoms with E-state index in [1.54, 1.807) is 6.07 Å². The maximum absolute atomic E-state index is 13.0. The van der Waals surface area contributed by atoms with Gasteiger partial charge < -0.3 is 9.88 Å². The summed E-state index contributed by atoms with van der Waals surface area (Å²) >= 11 is 8.99. The molecule has 0 fully saturated rings. The number of anilines is 1. The van der Waals surface area contributed by atoms with Gasteiger partial charge in [0.15, 0.2) is 0 Å². The Morgan fingerprint density at radius 2 is 2.21 bits per heavy atom. The van der Waals surface area contributed by atoms with E-state index in [1.165, 1.54) is 18.2 Å². The minimum absolute atomic E-state index is 0.0233. The summed E-state index contributed by atoms with van der Waals surface area (Å²) in [6, 6.07) is 5.78. The molecule has 0 bridgehead atoms. The van der Waals surface area contributed by atoms with Crippen LogP contribution in [-0.4, -0.2) is 10.5 Å². The molecule has 1 aromatic carbocycles. The molecule has 1 aromatic heterocycles. The molecule has 1 N–H and O–H groups in total. The van der Waals surface area contributed by atoms with Gasteiger partial charge in [-0.05, 0) is 47.1 Å². The molecule has 100 valence electrons. The number of amides is 1. The number of benzene rings is 1. The number of nitrogens with zero attached hydrogens (tertiary/aromatic N) is 1. The highest BCUT2D eigenvalue weighted by atomic mass is 79.9. The molecule has 19 heavy (non-hydrogen) atoms. The third kappa shape index (κ3) is 3.16. The number of aromatic nitrogens is 1. The third-order valence-electron chi connectivity index (χ3n) is 2.61. The van der Waals surface area contributed by atoms with Crippen molar-refractivity contribution >= 4 is 39.1 Å². The number of halogens is 3. The van der Waals surface area contributed by atoms with Crippen molar-refractivity contribution in [1.82, 2.24) is 4.57 Å². The van der Waals surface area contributed by atoms with E-state index in [2.05, 4.69) is 21.2 Å². The van der Waals surface area contributed by atoms with E-state index < -0.39 is 5.82 Å². The van der Waals surface area contributed by atoms with Gasteiger partial charge in [-0.25, -0.2) is 4.39 Å². The van der Waals surface area contributed by atoms with Crippen LogP contribution in [0.1, 0.15) is 17.4 Å². The SMILES string of the molecule is CCn1cc(Br)cc1C(=O)Nc1ccc(F)c(Cl)c1. The first-order valence-corrected chi connectivity index (χ1v) is 6.80. The summed E-state index contributed by atoms with van der Waals surface area (Å²) in [6.07, 6.45) is 1.83. The van der Waals surface area contributed by atoms with Crippen LogP contribution in [0.15, 0.2) is 34.9 Å². The van der Waals surface area contributed by atoms with Crippen molar-refractivity contribution in [1.29, 1.82) is 0 Å². The fourth-order valence-electron chi connectivity index (χ4n) is 1.70. The fourth-order valence-corrected chi connectivity index (χ4v) is 2.34. The molecule has 0 radical (unpaired) electrons. The summed E-state index contributed by atoms with van der Waals surface area (Å²) in [4.78, 5) is 12.1. The Morgan fingerprint density at radius 1 is 1.47 bits per heavy atom. The maximum Gasteiger partial charge on any atom is 0.272 e. The molecule has 0 spiro atoms. The zero-order valence-electron chi connectivity index (χ0n) is 10.1. The first-order chi connectivity index (χ1) is 9.01. The highest BCUT2D eigenvalue weighted by Crippen LogP contribution is 2.21. The summed E-state index contributed by atoms with van der Waals surface area (Å²) in [5.41, 5.74) is 0.978. The standard InChI is InChI=1S/C13H11BrClFN2O/c1-2-18-7-8(14)5-12(18)13(19)17-9-3-4-11(16)10(15)6-9/h3-7H,2H2,1H3,(H,17,19). The minimum atomic E-state index is -0.514. The van der Waals surface area contributed by atoms with Gasteiger partial charge in [0.25, 0.3) is 5.91 Å². The number of carbonyl (C=O) groups excluding carboxylic acids is 1. The first kappa shape index (κ1) is 14.1. The first-order valence-electron chi connectivity index (χ1n) is 5.63. The molecule has 0 aliphatic rings. The summed E-state index contributed by atoms with van der Waals surface area (Å²) in [5.74, 6) is -0.783. The second-order valence-electron chi connectivity index (χ2n) is 3.91. The average molecular weight is 346 g/mol. The number of hydrogen-bond donors (Lipinski definition) is 1. The van der Waals surface area contributed by atoms with Gasteiger partial charge in [0.05, 0.1) is 5.02 Å². The molecule has 6 heteroatoms. The number of hydrogen-bond acceptors (Lipinski definition) is 1. The third-order valence-corrected chi connectivity index (χ3v) is 3.34. The van der Waals surface area contributed by atoms with E-state index in [1.807, 2.05) is 17.7 Å². The molecular weight excluding hydrogens is 335 g/mol. The number of carbonyl (C=O) groups is 1. The van der Waals surface area contributed by atoms with Crippen LogP contribution >= 0.6 is 27.5 Å². The van der Waals surface area contributed by atoms with E-state index in [-0.39, 0.29) is 10.9 Å². The van der Waals surface area contributed by atoms with Gasteiger partial charge in [-0.2, -0.15) is 0 Å². The molecule has 2 aromatic rings. The van der Waals surface area contributed by atoms with E-state index in [0.29, 0.717) is 17.9 Å². The van der Waals surface area contributed by atoms with E-state index in [0.717, 1.165) is 4.47 Å². The van der Waals surface area contributed by atoms with Crippen molar-refractivity contribution in [3.63, 3.8) is 0 Å². The highest BCUT2D eigenvalue weighted by molar-refractivity contribution is 9.10. The van der Waals surface area contributed by atoms with Crippen LogP contribution in [0.2, 0.25) is 5.02 Å². The van der Waals surface area contributed by atoms with E-state index >= 15 is 0 Å². The lowest BCUT2D eigenvalue weighted by Crippen LogP contribution is -2.16. The van der Waals surface area contributed by atoms with Crippen molar-refractivity contribution in [2.45, 2.75) is 13.5 Å². The van der Waals surface area contributed by atoms with Crippen LogP contribution in [0, 0.1) is 5.82 Å². The molecular formula is C13H11BrClFN2O. The van der Waals surface area contributed by atoms with Crippen LogP contribution in [0.4, 0.5) is 10.1 Å². The van der Waals surface area contributed by atoms with E-state index in [9.17, 15) is 9.18 Å². The summed E-state index contributed by atoms with van der Waals surface area (Å²) in [7, 11) is 0. The van der Waals surface area contributed by atoms with Crippen molar-refractivity contribution in [3.8, 4) is 0 Å². The predicted molar refractivity (Wildman–Crippen MR) is 77.2 cm³/mol. The normalized spacial score (nSPS) is 10.5. The number of rotatable bonds is 3. The van der Waals surface area contributed by atoms with Crippen molar-refractivity contribution in [2.75, 3.05) is 5.32 Å². The fraction of sp³-hybridized carbons (Fsp3) is 0.154. The summed E-state index contributed by atoms with van der Waals surface area (Å²) in [6.45, 7) is 2.62. The molecule has 0 aliphatic carbocycles. The van der Waals surface area contributed by atoms with Crippen LogP contribution in [0.25, 0.3) is 0 Å². The van der Waals surface area contributed by atoms with Gasteiger partial charge in [0.2, 0.25) is 0 Å². The Hall–Kier alpha value is -1.33. The molecule has 0 unspecified atom stereocenters. The topological polar surface area (TPSA) is 34.0 Å². The van der Waals surface area contributed by atoms with Crippen molar-refractivity contribution in [2.24, 2.45) is 0 Å². The Bertz CT molecular complexity index is 627. The Balaban J connectivity index is 2.22. The minimum Gasteiger partial charge on any atom is -0.343 e. The monoisotopic (exact) mass is 344 g/mol. The quantitative estimate of drug-likeness (QED) is 0.883. The molecule has 0 aliphatic heterocycles. The van der Waals surface area contributed by atoms with Gasteiger partial charge in [0, 0.05) is 22.9 Å². The largest absolute Gasteiger partial charge is 0.343 e. The molecule has 0 atom stereocenters. The molecule has 3 nitrogen and oxygen atoms in total. The van der Waals surface area contributed by atoms with Gasteiger partial charge in [-0.1, -0.05) is 11.6 Å². The Kier molecular flexibility index (Phi) is 4.27. The Labute approximate surface area is 123 Å². The average Bonchev–Trinajstić information content (AvgIpc) is 2.75. The van der Waals surface area contributed by atoms with Crippen molar-refractivity contribution in [3.05, 3.63) is 51.5 Å². The second kappa shape index (κ2) is 5.75. The molecule has 0 saturated heterocycles. The maximum atomic E-state index is 13.0. The molecule has 1 heterocycles. The van der Waals surface area contributed by atoms with Crippen LogP contribution < -0.4 is 5.32 Å². The lowest BCUT2D eigenvalue weighted by molar-refractivity contribution is 0.101. The predicted octanol–water partition coefficient (Wildman–Crippen LogP) is 4.32. The summed E-state index contributed by atoms with van der Waals surface area (Å²) < 4.78 is 15.7. The lowest BCUT2D eigenvalue weighted by Gasteiger charge is -2.08. The Morgan fingerprint density at radius 3 is 2.84 bits per heavy atom. The van der Waals surface area contributed by atoms with E-state index in [4.69, 9.17) is 11.6 Å². The van der Waals surface area contributed by atoms with Gasteiger partial charge in [-0.15, -0.1) is 0 Å². The van der Waals surface area contributed by atoms with Gasteiger partial charge in [-0.3, -0.25) is 4.79 Å². The van der Waals surface area contributed by atoms with Crippen LogP contribution in [-0.2, 0) is 6.54 Å².